The van der Waals surface area contributed by atoms with Gasteiger partial charge in [-0.15, -0.1) is 0 Å². The molecule has 3 heteroatoms. The Balaban J connectivity index is 2.28. The molecule has 3 nitrogen and oxygen atoms in total. The molecule has 0 unspecified atom stereocenters. The van der Waals surface area contributed by atoms with Crippen molar-refractivity contribution in [2.24, 2.45) is 5.41 Å². The van der Waals surface area contributed by atoms with Gasteiger partial charge in [0.05, 0.1) is 0 Å². The van der Waals surface area contributed by atoms with Gasteiger partial charge in [0.2, 0.25) is 0 Å². The average Bonchev–Trinajstić information content (AvgIpc) is 2.71. The van der Waals surface area contributed by atoms with E-state index in [9.17, 15) is 4.79 Å². The van der Waals surface area contributed by atoms with E-state index in [4.69, 9.17) is 5.11 Å². The minimum absolute atomic E-state index is 0.188. The molecule has 0 aliphatic carbocycles. The Labute approximate surface area is 120 Å². The first-order valence-corrected chi connectivity index (χ1v) is 7.15. The van der Waals surface area contributed by atoms with Gasteiger partial charge in [-0.2, -0.15) is 0 Å². The maximum Gasteiger partial charge on any atom is 0.303 e. The van der Waals surface area contributed by atoms with Crippen LogP contribution in [0.3, 0.4) is 0 Å². The lowest BCUT2D eigenvalue weighted by Gasteiger charge is -2.18. The van der Waals surface area contributed by atoms with Crippen LogP contribution in [0.1, 0.15) is 39.2 Å². The van der Waals surface area contributed by atoms with E-state index in [2.05, 4.69) is 43.7 Å². The van der Waals surface area contributed by atoms with E-state index in [1.54, 1.807) is 0 Å². The van der Waals surface area contributed by atoms with Crippen molar-refractivity contribution in [3.05, 3.63) is 36.0 Å². The third kappa shape index (κ3) is 3.62. The summed E-state index contributed by atoms with van der Waals surface area (Å²) in [6.07, 6.45) is 4.01. The molecule has 0 aliphatic rings. The van der Waals surface area contributed by atoms with Crippen LogP contribution in [-0.4, -0.2) is 15.6 Å². The number of carboxylic acids is 1. The highest BCUT2D eigenvalue weighted by molar-refractivity contribution is 5.84. The highest BCUT2D eigenvalue weighted by Gasteiger charge is 2.13. The second kappa shape index (κ2) is 5.70. The van der Waals surface area contributed by atoms with Crippen molar-refractivity contribution < 1.29 is 9.90 Å². The highest BCUT2D eigenvalue weighted by Crippen LogP contribution is 2.25. The highest BCUT2D eigenvalue weighted by atomic mass is 16.4. The maximum atomic E-state index is 10.8. The second-order valence-corrected chi connectivity index (χ2v) is 6.57. The molecule has 0 saturated heterocycles. The van der Waals surface area contributed by atoms with Gasteiger partial charge in [0.1, 0.15) is 0 Å². The normalized spacial score (nSPS) is 11.9. The monoisotopic (exact) mass is 273 g/mol. The SMILES string of the molecule is CC(C)(C)CCn1cc(CCC(=O)O)c2ccccc21. The molecule has 1 aromatic carbocycles. The predicted octanol–water partition coefficient (Wildman–Crippen LogP) is 4.09. The van der Waals surface area contributed by atoms with Crippen molar-refractivity contribution in [3.8, 4) is 0 Å². The first-order chi connectivity index (χ1) is 9.37. The van der Waals surface area contributed by atoms with E-state index >= 15 is 0 Å². The number of aliphatic carboxylic acids is 1. The molecule has 0 amide bonds. The Morgan fingerprint density at radius 2 is 1.95 bits per heavy atom. The quantitative estimate of drug-likeness (QED) is 0.891. The standard InChI is InChI=1S/C17H23NO2/c1-17(2,3)10-11-18-12-13(8-9-16(19)20)14-6-4-5-7-15(14)18/h4-7,12H,8-11H2,1-3H3,(H,19,20). The Morgan fingerprint density at radius 1 is 1.25 bits per heavy atom. The molecule has 1 heterocycles. The van der Waals surface area contributed by atoms with E-state index in [-0.39, 0.29) is 6.42 Å². The fourth-order valence-electron chi connectivity index (χ4n) is 2.40. The smallest absolute Gasteiger partial charge is 0.303 e. The first-order valence-electron chi connectivity index (χ1n) is 7.15. The van der Waals surface area contributed by atoms with Crippen molar-refractivity contribution in [2.45, 2.75) is 46.6 Å². The molecule has 20 heavy (non-hydrogen) atoms. The fourth-order valence-corrected chi connectivity index (χ4v) is 2.40. The lowest BCUT2D eigenvalue weighted by atomic mass is 9.92. The first kappa shape index (κ1) is 14.6. The van der Waals surface area contributed by atoms with Gasteiger partial charge in [0.15, 0.2) is 0 Å². The van der Waals surface area contributed by atoms with Crippen molar-refractivity contribution in [1.29, 1.82) is 0 Å². The van der Waals surface area contributed by atoms with Crippen molar-refractivity contribution >= 4 is 16.9 Å². The molecule has 1 aromatic heterocycles. The van der Waals surface area contributed by atoms with Gasteiger partial charge in [0, 0.05) is 30.1 Å². The third-order valence-corrected chi connectivity index (χ3v) is 3.58. The lowest BCUT2D eigenvalue weighted by molar-refractivity contribution is -0.136. The summed E-state index contributed by atoms with van der Waals surface area (Å²) in [5.41, 5.74) is 2.64. The summed E-state index contributed by atoms with van der Waals surface area (Å²) < 4.78 is 2.26. The molecular weight excluding hydrogens is 250 g/mol. The average molecular weight is 273 g/mol. The van der Waals surface area contributed by atoms with Gasteiger partial charge in [-0.3, -0.25) is 4.79 Å². The Bertz CT molecular complexity index is 605. The number of fused-ring (bicyclic) bond motifs is 1. The van der Waals surface area contributed by atoms with E-state index in [0.29, 0.717) is 11.8 Å². The lowest BCUT2D eigenvalue weighted by Crippen LogP contribution is -2.09. The number of carboxylic acid groups (broad SMARTS) is 1. The van der Waals surface area contributed by atoms with Crippen molar-refractivity contribution in [3.63, 3.8) is 0 Å². The topological polar surface area (TPSA) is 42.2 Å². The van der Waals surface area contributed by atoms with Crippen molar-refractivity contribution in [2.75, 3.05) is 0 Å². The van der Waals surface area contributed by atoms with Crippen LogP contribution in [0.4, 0.5) is 0 Å². The summed E-state index contributed by atoms with van der Waals surface area (Å²) in [5.74, 6) is -0.739. The summed E-state index contributed by atoms with van der Waals surface area (Å²) in [6.45, 7) is 7.69. The zero-order chi connectivity index (χ0) is 14.8. The number of aryl methyl sites for hydroxylation is 2. The summed E-state index contributed by atoms with van der Waals surface area (Å²) in [5, 5.41) is 10.0. The van der Waals surface area contributed by atoms with Crippen LogP contribution in [0.25, 0.3) is 10.9 Å². The molecular formula is C17H23NO2. The minimum Gasteiger partial charge on any atom is -0.481 e. The number of para-hydroxylation sites is 1. The molecule has 1 N–H and O–H groups in total. The zero-order valence-corrected chi connectivity index (χ0v) is 12.5. The number of hydrogen-bond acceptors (Lipinski definition) is 1. The van der Waals surface area contributed by atoms with Gasteiger partial charge >= 0.3 is 5.97 Å². The van der Waals surface area contributed by atoms with Crippen LogP contribution in [0.15, 0.2) is 30.5 Å². The molecule has 2 rings (SSSR count). The van der Waals surface area contributed by atoms with E-state index < -0.39 is 5.97 Å². The number of carbonyl (C=O) groups is 1. The van der Waals surface area contributed by atoms with Crippen LogP contribution < -0.4 is 0 Å². The molecule has 0 saturated carbocycles. The van der Waals surface area contributed by atoms with Gasteiger partial charge in [0.25, 0.3) is 0 Å². The van der Waals surface area contributed by atoms with E-state index in [0.717, 1.165) is 18.5 Å². The second-order valence-electron chi connectivity index (χ2n) is 6.57. The molecule has 0 aliphatic heterocycles. The number of rotatable bonds is 5. The summed E-state index contributed by atoms with van der Waals surface area (Å²) >= 11 is 0. The number of nitrogens with zero attached hydrogens (tertiary/aromatic N) is 1. The molecule has 108 valence electrons. The Hall–Kier alpha value is -1.77. The van der Waals surface area contributed by atoms with Crippen LogP contribution >= 0.6 is 0 Å². The molecule has 0 spiro atoms. The van der Waals surface area contributed by atoms with Crippen LogP contribution in [0.2, 0.25) is 0 Å². The molecule has 2 aromatic rings. The van der Waals surface area contributed by atoms with Gasteiger partial charge in [-0.1, -0.05) is 39.0 Å². The Morgan fingerprint density at radius 3 is 2.60 bits per heavy atom. The molecule has 0 radical (unpaired) electrons. The fraction of sp³-hybridized carbons (Fsp3) is 0.471. The van der Waals surface area contributed by atoms with Gasteiger partial charge in [-0.25, -0.2) is 0 Å². The summed E-state index contributed by atoms with van der Waals surface area (Å²) in [7, 11) is 0. The van der Waals surface area contributed by atoms with Crippen LogP contribution in [0.5, 0.6) is 0 Å². The largest absolute Gasteiger partial charge is 0.481 e. The third-order valence-electron chi connectivity index (χ3n) is 3.58. The molecule has 0 bridgehead atoms. The maximum absolute atomic E-state index is 10.8. The number of hydrogen-bond donors (Lipinski definition) is 1. The summed E-state index contributed by atoms with van der Waals surface area (Å²) in [4.78, 5) is 10.8. The van der Waals surface area contributed by atoms with Crippen LogP contribution in [-0.2, 0) is 17.8 Å². The number of benzene rings is 1. The summed E-state index contributed by atoms with van der Waals surface area (Å²) in [6, 6.07) is 8.25. The number of aromatic nitrogens is 1. The van der Waals surface area contributed by atoms with Gasteiger partial charge < -0.3 is 9.67 Å². The minimum atomic E-state index is -0.739. The zero-order valence-electron chi connectivity index (χ0n) is 12.5. The Kier molecular flexibility index (Phi) is 4.17. The molecule has 0 atom stereocenters. The van der Waals surface area contributed by atoms with Gasteiger partial charge in [-0.05, 0) is 29.9 Å². The van der Waals surface area contributed by atoms with Crippen LogP contribution in [0, 0.1) is 5.41 Å². The van der Waals surface area contributed by atoms with Crippen molar-refractivity contribution in [1.82, 2.24) is 4.57 Å². The van der Waals surface area contributed by atoms with E-state index in [1.165, 1.54) is 10.9 Å². The molecule has 0 fully saturated rings. The predicted molar refractivity (Wildman–Crippen MR) is 82.0 cm³/mol. The van der Waals surface area contributed by atoms with E-state index in [1.807, 2.05) is 12.1 Å².